The fourth-order valence-electron chi connectivity index (χ4n) is 5.29. The second kappa shape index (κ2) is 12.2. The number of nitrogens with one attached hydrogen (secondary N) is 5. The Bertz CT molecular complexity index is 1870. The number of carbonyl (C=O) groups is 3. The van der Waals surface area contributed by atoms with Gasteiger partial charge in [-0.2, -0.15) is 10.2 Å². The van der Waals surface area contributed by atoms with Crippen LogP contribution in [-0.2, 0) is 5.54 Å². The minimum absolute atomic E-state index is 0.220. The first kappa shape index (κ1) is 30.0. The Labute approximate surface area is 264 Å². The van der Waals surface area contributed by atoms with Crippen LogP contribution in [0, 0.1) is 6.92 Å². The van der Waals surface area contributed by atoms with Gasteiger partial charge in [0, 0.05) is 37.6 Å². The highest BCUT2D eigenvalue weighted by molar-refractivity contribution is 7.20. The summed E-state index contributed by atoms with van der Waals surface area (Å²) >= 11 is 1.26. The van der Waals surface area contributed by atoms with E-state index in [9.17, 15) is 14.4 Å². The van der Waals surface area contributed by atoms with Crippen molar-refractivity contribution in [2.75, 3.05) is 48.8 Å². The second-order valence-corrected chi connectivity index (χ2v) is 12.8. The van der Waals surface area contributed by atoms with Gasteiger partial charge in [-0.05, 0) is 63.7 Å². The van der Waals surface area contributed by atoms with E-state index in [2.05, 4.69) is 53.2 Å². The van der Waals surface area contributed by atoms with E-state index in [0.717, 1.165) is 43.1 Å². The number of rotatable bonds is 8. The van der Waals surface area contributed by atoms with E-state index < -0.39 is 17.4 Å². The van der Waals surface area contributed by atoms with Crippen molar-refractivity contribution in [3.8, 4) is 0 Å². The summed E-state index contributed by atoms with van der Waals surface area (Å²) in [5.41, 5.74) is 2.90. The van der Waals surface area contributed by atoms with Gasteiger partial charge in [-0.1, -0.05) is 30.3 Å². The van der Waals surface area contributed by atoms with Crippen molar-refractivity contribution in [3.63, 3.8) is 0 Å². The fraction of sp³-hybridized carbons (Fsp3) is 0.281. The maximum atomic E-state index is 13.7. The smallest absolute Gasteiger partial charge is 0.276 e. The van der Waals surface area contributed by atoms with Gasteiger partial charge >= 0.3 is 0 Å². The Hall–Kier alpha value is -5.01. The van der Waals surface area contributed by atoms with Crippen LogP contribution in [0.25, 0.3) is 10.2 Å². The first-order chi connectivity index (χ1) is 21.6. The molecular formula is C32H35N9O3S. The maximum Gasteiger partial charge on any atom is 0.276 e. The monoisotopic (exact) mass is 625 g/mol. The molecule has 13 heteroatoms. The molecular weight excluding hydrogens is 590 g/mol. The van der Waals surface area contributed by atoms with Crippen LogP contribution in [0.5, 0.6) is 0 Å². The highest BCUT2D eigenvalue weighted by atomic mass is 32.1. The zero-order valence-corrected chi connectivity index (χ0v) is 26.3. The van der Waals surface area contributed by atoms with Gasteiger partial charge in [0.1, 0.15) is 4.83 Å². The zero-order valence-electron chi connectivity index (χ0n) is 25.5. The van der Waals surface area contributed by atoms with Crippen LogP contribution in [0.1, 0.15) is 55.6 Å². The number of carbonyl (C=O) groups excluding carboxylic acids is 3. The number of H-pyrrole nitrogens is 2. The number of thiophene rings is 1. The van der Waals surface area contributed by atoms with E-state index in [1.165, 1.54) is 11.3 Å². The average molecular weight is 626 g/mol. The molecule has 0 aliphatic carbocycles. The molecule has 1 fully saturated rings. The second-order valence-electron chi connectivity index (χ2n) is 11.7. The summed E-state index contributed by atoms with van der Waals surface area (Å²) in [7, 11) is 2.09. The van der Waals surface area contributed by atoms with Crippen molar-refractivity contribution in [2.24, 2.45) is 0 Å². The van der Waals surface area contributed by atoms with Gasteiger partial charge < -0.3 is 25.8 Å². The van der Waals surface area contributed by atoms with Gasteiger partial charge in [0.05, 0.1) is 27.1 Å². The quantitative estimate of drug-likeness (QED) is 0.169. The number of aromatic nitrogens is 4. The molecule has 5 aromatic rings. The van der Waals surface area contributed by atoms with Crippen molar-refractivity contribution < 1.29 is 14.4 Å². The number of amides is 3. The molecule has 0 unspecified atom stereocenters. The van der Waals surface area contributed by atoms with E-state index >= 15 is 0 Å². The molecule has 0 atom stereocenters. The lowest BCUT2D eigenvalue weighted by Gasteiger charge is -2.34. The number of hydrogen-bond acceptors (Lipinski definition) is 8. The summed E-state index contributed by atoms with van der Waals surface area (Å²) in [4.78, 5) is 45.6. The summed E-state index contributed by atoms with van der Waals surface area (Å²) in [6.07, 6.45) is 0. The summed E-state index contributed by atoms with van der Waals surface area (Å²) in [6, 6.07) is 18.5. The van der Waals surface area contributed by atoms with E-state index in [-0.39, 0.29) is 23.0 Å². The third-order valence-electron chi connectivity index (χ3n) is 7.94. The summed E-state index contributed by atoms with van der Waals surface area (Å²) < 4.78 is 0. The molecule has 2 aromatic carbocycles. The molecule has 4 heterocycles. The lowest BCUT2D eigenvalue weighted by atomic mass is 9.94. The van der Waals surface area contributed by atoms with Gasteiger partial charge in [0.15, 0.2) is 11.5 Å². The van der Waals surface area contributed by atoms with Crippen LogP contribution in [0.2, 0.25) is 0 Å². The highest BCUT2D eigenvalue weighted by Gasteiger charge is 2.26. The van der Waals surface area contributed by atoms with Crippen LogP contribution in [0.15, 0.2) is 60.7 Å². The molecule has 5 N–H and O–H groups in total. The number of aromatic amines is 2. The predicted molar refractivity (Wildman–Crippen MR) is 176 cm³/mol. The molecule has 0 radical (unpaired) electrons. The number of benzene rings is 2. The first-order valence-electron chi connectivity index (χ1n) is 14.7. The molecule has 3 amide bonds. The van der Waals surface area contributed by atoms with Crippen LogP contribution in [0.3, 0.4) is 0 Å². The molecule has 12 nitrogen and oxygen atoms in total. The van der Waals surface area contributed by atoms with Crippen LogP contribution in [-0.4, -0.2) is 76.2 Å². The molecule has 1 aliphatic heterocycles. The number of piperazine rings is 1. The maximum absolute atomic E-state index is 13.7. The molecule has 1 aliphatic rings. The van der Waals surface area contributed by atoms with Crippen LogP contribution in [0.4, 0.5) is 17.2 Å². The summed E-state index contributed by atoms with van der Waals surface area (Å²) in [5.74, 6) is -0.827. The molecule has 45 heavy (non-hydrogen) atoms. The molecule has 3 aromatic heterocycles. The summed E-state index contributed by atoms with van der Waals surface area (Å²) in [6.45, 7) is 9.19. The van der Waals surface area contributed by atoms with Gasteiger partial charge in [0.2, 0.25) is 0 Å². The highest BCUT2D eigenvalue weighted by Crippen LogP contribution is 2.32. The molecule has 0 saturated carbocycles. The van der Waals surface area contributed by atoms with E-state index in [0.29, 0.717) is 20.8 Å². The number of aryl methyl sites for hydroxylation is 1. The standard InChI is InChI=1S/C32H35N9O3S/c1-19-16-25(37-36-19)29(43)33-24-17-21(41-14-12-40(4)13-15-41)10-11-22(24)28(42)34-27-23-18-26(45-31(23)39-38-27)30(44)35-32(2,3)20-8-6-5-7-9-20/h5-11,16-18H,12-15H2,1-4H3,(H,33,43)(H,35,44)(H,36,37)(H2,34,38,39,42). The Morgan fingerprint density at radius 2 is 1.62 bits per heavy atom. The molecule has 0 bridgehead atoms. The van der Waals surface area contributed by atoms with Crippen molar-refractivity contribution in [1.82, 2.24) is 30.6 Å². The number of hydrogen-bond donors (Lipinski definition) is 5. The van der Waals surface area contributed by atoms with Crippen molar-refractivity contribution in [1.29, 1.82) is 0 Å². The lowest BCUT2D eigenvalue weighted by Crippen LogP contribution is -2.44. The van der Waals surface area contributed by atoms with E-state index in [1.54, 1.807) is 18.2 Å². The Kier molecular flexibility index (Phi) is 8.12. The lowest BCUT2D eigenvalue weighted by molar-refractivity contribution is 0.0915. The fourth-order valence-corrected chi connectivity index (χ4v) is 6.18. The zero-order chi connectivity index (χ0) is 31.7. The van der Waals surface area contributed by atoms with Crippen LogP contribution < -0.4 is 20.9 Å². The Balaban J connectivity index is 1.24. The van der Waals surface area contributed by atoms with E-state index in [4.69, 9.17) is 0 Å². The molecule has 232 valence electrons. The normalized spacial score (nSPS) is 14.0. The number of nitrogens with zero attached hydrogens (tertiary/aromatic N) is 4. The topological polar surface area (TPSA) is 151 Å². The Morgan fingerprint density at radius 1 is 0.867 bits per heavy atom. The minimum atomic E-state index is -0.586. The molecule has 6 rings (SSSR count). The van der Waals surface area contributed by atoms with Gasteiger partial charge in [-0.3, -0.25) is 24.6 Å². The average Bonchev–Trinajstić information content (AvgIpc) is 3.75. The number of anilines is 3. The van der Waals surface area contributed by atoms with Gasteiger partial charge in [-0.25, -0.2) is 0 Å². The minimum Gasteiger partial charge on any atom is -0.369 e. The number of likely N-dealkylation sites (N-methyl/N-ethyl adjacent to an activating group) is 1. The van der Waals surface area contributed by atoms with Gasteiger partial charge in [0.25, 0.3) is 17.7 Å². The third-order valence-corrected chi connectivity index (χ3v) is 8.98. The van der Waals surface area contributed by atoms with Crippen LogP contribution >= 0.6 is 11.3 Å². The first-order valence-corrected chi connectivity index (χ1v) is 15.5. The molecule has 1 saturated heterocycles. The number of fused-ring (bicyclic) bond motifs is 1. The predicted octanol–water partition coefficient (Wildman–Crippen LogP) is 4.58. The third kappa shape index (κ3) is 6.44. The largest absolute Gasteiger partial charge is 0.369 e. The van der Waals surface area contributed by atoms with E-state index in [1.807, 2.05) is 63.2 Å². The SMILES string of the molecule is Cc1cc(C(=O)Nc2cc(N3CCN(C)CC3)ccc2C(=O)Nc2n[nH]c3sc(C(=O)NC(C)(C)c4ccccc4)cc23)n[nH]1. The van der Waals surface area contributed by atoms with Crippen molar-refractivity contribution in [3.05, 3.63) is 88.1 Å². The van der Waals surface area contributed by atoms with Gasteiger partial charge in [-0.15, -0.1) is 11.3 Å². The molecule has 0 spiro atoms. The van der Waals surface area contributed by atoms with Crippen molar-refractivity contribution >= 4 is 56.5 Å². The van der Waals surface area contributed by atoms with Crippen molar-refractivity contribution in [2.45, 2.75) is 26.3 Å². The Morgan fingerprint density at radius 3 is 2.33 bits per heavy atom. The summed E-state index contributed by atoms with van der Waals surface area (Å²) in [5, 5.41) is 23.5.